The summed E-state index contributed by atoms with van der Waals surface area (Å²) in [5.74, 6) is 1.52. The smallest absolute Gasteiger partial charge is 0.267 e. The van der Waals surface area contributed by atoms with Crippen LogP contribution in [0.2, 0.25) is 0 Å². The number of fused-ring (bicyclic) bond motifs is 1. The maximum absolute atomic E-state index is 12.3. The van der Waals surface area contributed by atoms with E-state index < -0.39 is 6.10 Å². The van der Waals surface area contributed by atoms with Crippen LogP contribution in [0.3, 0.4) is 0 Å². The molecule has 1 aliphatic rings. The summed E-state index contributed by atoms with van der Waals surface area (Å²) in [4.78, 5) is 12.3. The van der Waals surface area contributed by atoms with Crippen molar-refractivity contribution in [2.24, 2.45) is 0 Å². The van der Waals surface area contributed by atoms with Crippen molar-refractivity contribution >= 4 is 11.7 Å². The zero-order valence-corrected chi connectivity index (χ0v) is 12.2. The Balaban J connectivity index is 1.45. The first-order valence-corrected chi connectivity index (χ1v) is 7.37. The third-order valence-corrected chi connectivity index (χ3v) is 3.76. The van der Waals surface area contributed by atoms with Crippen LogP contribution in [0, 0.1) is 0 Å². The van der Waals surface area contributed by atoms with Crippen molar-refractivity contribution in [2.45, 2.75) is 12.5 Å². The summed E-state index contributed by atoms with van der Waals surface area (Å²) in [5, 5.41) is 6.63. The lowest BCUT2D eigenvalue weighted by molar-refractivity contribution is -0.122. The first kappa shape index (κ1) is 13.6. The van der Waals surface area contributed by atoms with Crippen molar-refractivity contribution in [1.82, 2.24) is 5.16 Å². The SMILES string of the molecule is O=C(Nc1cc(-c2ccccc2)on1)C1Cc2ccccc2O1. The van der Waals surface area contributed by atoms with Gasteiger partial charge in [-0.3, -0.25) is 4.79 Å². The van der Waals surface area contributed by atoms with E-state index in [1.807, 2.05) is 54.6 Å². The number of anilines is 1. The molecule has 5 heteroatoms. The maximum Gasteiger partial charge on any atom is 0.267 e. The Morgan fingerprint density at radius 1 is 1.09 bits per heavy atom. The Kier molecular flexibility index (Phi) is 3.31. The van der Waals surface area contributed by atoms with Crippen LogP contribution in [0.15, 0.2) is 65.2 Å². The number of amides is 1. The summed E-state index contributed by atoms with van der Waals surface area (Å²) in [5.41, 5.74) is 1.95. The number of aromatic nitrogens is 1. The second-order valence-corrected chi connectivity index (χ2v) is 5.35. The fourth-order valence-corrected chi connectivity index (χ4v) is 2.61. The normalized spacial score (nSPS) is 15.7. The Labute approximate surface area is 132 Å². The fourth-order valence-electron chi connectivity index (χ4n) is 2.61. The summed E-state index contributed by atoms with van der Waals surface area (Å²) in [7, 11) is 0. The Morgan fingerprint density at radius 3 is 2.70 bits per heavy atom. The highest BCUT2D eigenvalue weighted by molar-refractivity contribution is 5.94. The number of nitrogens with zero attached hydrogens (tertiary/aromatic N) is 1. The minimum absolute atomic E-state index is 0.228. The van der Waals surface area contributed by atoms with Gasteiger partial charge in [-0.05, 0) is 11.6 Å². The molecule has 4 rings (SSSR count). The van der Waals surface area contributed by atoms with Gasteiger partial charge in [0.1, 0.15) is 5.75 Å². The summed E-state index contributed by atoms with van der Waals surface area (Å²) < 4.78 is 10.9. The molecule has 0 saturated heterocycles. The van der Waals surface area contributed by atoms with Gasteiger partial charge < -0.3 is 14.6 Å². The van der Waals surface area contributed by atoms with E-state index in [2.05, 4.69) is 10.5 Å². The van der Waals surface area contributed by atoms with E-state index in [1.54, 1.807) is 6.07 Å². The number of carbonyl (C=O) groups is 1. The van der Waals surface area contributed by atoms with Crippen LogP contribution in [0.4, 0.5) is 5.82 Å². The number of carbonyl (C=O) groups excluding carboxylic acids is 1. The summed E-state index contributed by atoms with van der Waals surface area (Å²) in [6.45, 7) is 0. The van der Waals surface area contributed by atoms with Gasteiger partial charge in [0.05, 0.1) is 0 Å². The van der Waals surface area contributed by atoms with E-state index in [9.17, 15) is 4.79 Å². The molecule has 1 atom stereocenters. The molecule has 23 heavy (non-hydrogen) atoms. The second-order valence-electron chi connectivity index (χ2n) is 5.35. The molecule has 0 fully saturated rings. The maximum atomic E-state index is 12.3. The average molecular weight is 306 g/mol. The van der Waals surface area contributed by atoms with Gasteiger partial charge in [0.15, 0.2) is 17.7 Å². The van der Waals surface area contributed by atoms with Crippen molar-refractivity contribution in [1.29, 1.82) is 0 Å². The molecule has 0 radical (unpaired) electrons. The van der Waals surface area contributed by atoms with Crippen molar-refractivity contribution in [2.75, 3.05) is 5.32 Å². The van der Waals surface area contributed by atoms with Crippen LogP contribution in [0.1, 0.15) is 5.56 Å². The first-order chi connectivity index (χ1) is 11.3. The minimum atomic E-state index is -0.538. The molecule has 114 valence electrons. The molecule has 0 bridgehead atoms. The predicted molar refractivity (Wildman–Crippen MR) is 85.1 cm³/mol. The molecule has 0 saturated carbocycles. The lowest BCUT2D eigenvalue weighted by atomic mass is 10.1. The van der Waals surface area contributed by atoms with Gasteiger partial charge in [0.2, 0.25) is 0 Å². The number of ether oxygens (including phenoxy) is 1. The number of benzene rings is 2. The van der Waals surface area contributed by atoms with E-state index in [1.165, 1.54) is 0 Å². The third kappa shape index (κ3) is 2.68. The molecule has 3 aromatic rings. The van der Waals surface area contributed by atoms with Gasteiger partial charge in [-0.2, -0.15) is 0 Å². The molecule has 0 spiro atoms. The number of nitrogens with one attached hydrogen (secondary N) is 1. The molecule has 2 heterocycles. The molecular formula is C18H14N2O3. The van der Waals surface area contributed by atoms with Crippen molar-refractivity contribution < 1.29 is 14.1 Å². The summed E-state index contributed by atoms with van der Waals surface area (Å²) >= 11 is 0. The minimum Gasteiger partial charge on any atom is -0.480 e. The number of hydrogen-bond donors (Lipinski definition) is 1. The van der Waals surface area contributed by atoms with E-state index >= 15 is 0 Å². The van der Waals surface area contributed by atoms with Gasteiger partial charge >= 0.3 is 0 Å². The highest BCUT2D eigenvalue weighted by Crippen LogP contribution is 2.29. The molecule has 1 amide bonds. The number of rotatable bonds is 3. The lowest BCUT2D eigenvalue weighted by Gasteiger charge is -2.09. The van der Waals surface area contributed by atoms with E-state index in [0.717, 1.165) is 16.9 Å². The van der Waals surface area contributed by atoms with E-state index in [4.69, 9.17) is 9.26 Å². The standard InChI is InChI=1S/C18H14N2O3/c21-18(16-10-13-8-4-5-9-14(13)22-16)19-17-11-15(23-20-17)12-6-2-1-3-7-12/h1-9,11,16H,10H2,(H,19,20,21). The van der Waals surface area contributed by atoms with Gasteiger partial charge in [-0.1, -0.05) is 53.7 Å². The van der Waals surface area contributed by atoms with Crippen LogP contribution in [-0.2, 0) is 11.2 Å². The Hall–Kier alpha value is -3.08. The molecule has 1 aliphatic heterocycles. The van der Waals surface area contributed by atoms with Gasteiger partial charge in [0, 0.05) is 18.1 Å². The first-order valence-electron chi connectivity index (χ1n) is 7.37. The summed E-state index contributed by atoms with van der Waals surface area (Å²) in [6, 6.07) is 19.0. The van der Waals surface area contributed by atoms with Gasteiger partial charge in [0.25, 0.3) is 5.91 Å². The van der Waals surface area contributed by atoms with Crippen molar-refractivity contribution in [3.63, 3.8) is 0 Å². The van der Waals surface area contributed by atoms with Crippen LogP contribution in [-0.4, -0.2) is 17.2 Å². The second kappa shape index (κ2) is 5.61. The molecule has 2 aromatic carbocycles. The topological polar surface area (TPSA) is 64.4 Å². The largest absolute Gasteiger partial charge is 0.480 e. The molecule has 1 aromatic heterocycles. The number of para-hydroxylation sites is 1. The third-order valence-electron chi connectivity index (χ3n) is 3.76. The molecule has 5 nitrogen and oxygen atoms in total. The molecular weight excluding hydrogens is 292 g/mol. The van der Waals surface area contributed by atoms with Crippen molar-refractivity contribution in [3.05, 3.63) is 66.2 Å². The zero-order valence-electron chi connectivity index (χ0n) is 12.2. The van der Waals surface area contributed by atoms with Crippen molar-refractivity contribution in [3.8, 4) is 17.1 Å². The molecule has 0 aliphatic carbocycles. The van der Waals surface area contributed by atoms with Crippen LogP contribution < -0.4 is 10.1 Å². The fraction of sp³-hybridized carbons (Fsp3) is 0.111. The van der Waals surface area contributed by atoms with Gasteiger partial charge in [-0.15, -0.1) is 0 Å². The van der Waals surface area contributed by atoms with Gasteiger partial charge in [-0.25, -0.2) is 0 Å². The predicted octanol–water partition coefficient (Wildman–Crippen LogP) is 3.28. The molecule has 1 unspecified atom stereocenters. The zero-order chi connectivity index (χ0) is 15.6. The summed E-state index contributed by atoms with van der Waals surface area (Å²) in [6.07, 6.45) is 0.0232. The average Bonchev–Trinajstić information content (AvgIpc) is 3.22. The van der Waals surface area contributed by atoms with Crippen LogP contribution in [0.25, 0.3) is 11.3 Å². The Morgan fingerprint density at radius 2 is 1.87 bits per heavy atom. The number of hydrogen-bond acceptors (Lipinski definition) is 4. The lowest BCUT2D eigenvalue weighted by Crippen LogP contribution is -2.31. The Bertz CT molecular complexity index is 817. The van der Waals surface area contributed by atoms with Crippen LogP contribution >= 0.6 is 0 Å². The molecule has 1 N–H and O–H groups in total. The van der Waals surface area contributed by atoms with Crippen LogP contribution in [0.5, 0.6) is 5.75 Å². The highest BCUT2D eigenvalue weighted by atomic mass is 16.5. The highest BCUT2D eigenvalue weighted by Gasteiger charge is 2.29. The van der Waals surface area contributed by atoms with E-state index in [0.29, 0.717) is 18.0 Å². The quantitative estimate of drug-likeness (QED) is 0.806. The monoisotopic (exact) mass is 306 g/mol. The van der Waals surface area contributed by atoms with E-state index in [-0.39, 0.29) is 5.91 Å².